The Balaban J connectivity index is 2.79. The number of alkyl halides is 2. The Morgan fingerprint density at radius 3 is 2.45 bits per heavy atom. The number of benzene rings is 1. The SMILES string of the molecule is CC(C)(C)OC(=O)NC(Cc1cccc(C(F)F)c1)C(=O)O. The first-order valence-electron chi connectivity index (χ1n) is 6.68. The van der Waals surface area contributed by atoms with Crippen LogP contribution in [0.5, 0.6) is 0 Å². The summed E-state index contributed by atoms with van der Waals surface area (Å²) in [7, 11) is 0. The number of hydrogen-bond donors (Lipinski definition) is 2. The number of carbonyl (C=O) groups is 2. The Morgan fingerprint density at radius 2 is 1.95 bits per heavy atom. The quantitative estimate of drug-likeness (QED) is 0.875. The van der Waals surface area contributed by atoms with E-state index in [4.69, 9.17) is 9.84 Å². The zero-order chi connectivity index (χ0) is 16.9. The van der Waals surface area contributed by atoms with Gasteiger partial charge < -0.3 is 15.2 Å². The molecule has 0 fully saturated rings. The minimum absolute atomic E-state index is 0.116. The molecule has 7 heteroatoms. The molecule has 0 aliphatic rings. The number of nitrogens with one attached hydrogen (secondary N) is 1. The predicted molar refractivity (Wildman–Crippen MR) is 75.9 cm³/mol. The van der Waals surface area contributed by atoms with Crippen LogP contribution in [0.3, 0.4) is 0 Å². The molecular formula is C15H19F2NO4. The molecule has 1 unspecified atom stereocenters. The Kier molecular flexibility index (Phi) is 5.84. The molecule has 0 aliphatic heterocycles. The lowest BCUT2D eigenvalue weighted by Gasteiger charge is -2.22. The van der Waals surface area contributed by atoms with Crippen molar-refractivity contribution in [3.05, 3.63) is 35.4 Å². The zero-order valence-electron chi connectivity index (χ0n) is 12.6. The van der Waals surface area contributed by atoms with Crippen LogP contribution in [-0.2, 0) is 16.0 Å². The summed E-state index contributed by atoms with van der Waals surface area (Å²) in [5.41, 5.74) is -0.567. The molecule has 0 aromatic heterocycles. The Labute approximate surface area is 127 Å². The second kappa shape index (κ2) is 7.20. The van der Waals surface area contributed by atoms with Gasteiger partial charge in [0.05, 0.1) is 0 Å². The number of carboxylic acids is 1. The van der Waals surface area contributed by atoms with Crippen LogP contribution in [0, 0.1) is 0 Å². The summed E-state index contributed by atoms with van der Waals surface area (Å²) < 4.78 is 30.3. The van der Waals surface area contributed by atoms with E-state index in [1.165, 1.54) is 24.3 Å². The Morgan fingerprint density at radius 1 is 1.32 bits per heavy atom. The third-order valence-corrected chi connectivity index (χ3v) is 2.63. The maximum Gasteiger partial charge on any atom is 0.408 e. The van der Waals surface area contributed by atoms with E-state index in [2.05, 4.69) is 5.32 Å². The molecule has 0 radical (unpaired) electrons. The van der Waals surface area contributed by atoms with E-state index >= 15 is 0 Å². The molecular weight excluding hydrogens is 296 g/mol. The number of alkyl carbamates (subject to hydrolysis) is 1. The topological polar surface area (TPSA) is 75.6 Å². The van der Waals surface area contributed by atoms with Crippen LogP contribution in [0.4, 0.5) is 13.6 Å². The van der Waals surface area contributed by atoms with Crippen LogP contribution in [0.15, 0.2) is 24.3 Å². The van der Waals surface area contributed by atoms with Crippen LogP contribution in [0.1, 0.15) is 38.3 Å². The number of ether oxygens (including phenoxy) is 1. The monoisotopic (exact) mass is 315 g/mol. The van der Waals surface area contributed by atoms with Gasteiger partial charge in [-0.05, 0) is 26.3 Å². The maximum absolute atomic E-state index is 12.6. The zero-order valence-corrected chi connectivity index (χ0v) is 12.6. The molecule has 1 aromatic rings. The highest BCUT2D eigenvalue weighted by atomic mass is 19.3. The van der Waals surface area contributed by atoms with E-state index in [0.717, 1.165) is 0 Å². The van der Waals surface area contributed by atoms with Crippen LogP contribution < -0.4 is 5.32 Å². The molecule has 1 amide bonds. The van der Waals surface area contributed by atoms with Crippen molar-refractivity contribution in [1.82, 2.24) is 5.32 Å². The molecule has 2 N–H and O–H groups in total. The number of hydrogen-bond acceptors (Lipinski definition) is 3. The average Bonchev–Trinajstić information content (AvgIpc) is 2.35. The van der Waals surface area contributed by atoms with Crippen molar-refractivity contribution in [3.63, 3.8) is 0 Å². The van der Waals surface area contributed by atoms with Gasteiger partial charge in [-0.25, -0.2) is 18.4 Å². The molecule has 0 aliphatic carbocycles. The number of carboxylic acid groups (broad SMARTS) is 1. The van der Waals surface area contributed by atoms with Crippen molar-refractivity contribution in [2.75, 3.05) is 0 Å². The van der Waals surface area contributed by atoms with Gasteiger partial charge in [-0.15, -0.1) is 0 Å². The van der Waals surface area contributed by atoms with Gasteiger partial charge in [-0.3, -0.25) is 0 Å². The number of aliphatic carboxylic acids is 1. The van der Waals surface area contributed by atoms with E-state index in [9.17, 15) is 18.4 Å². The van der Waals surface area contributed by atoms with Crippen molar-refractivity contribution >= 4 is 12.1 Å². The molecule has 1 aromatic carbocycles. The van der Waals surface area contributed by atoms with Gasteiger partial charge in [0.25, 0.3) is 6.43 Å². The van der Waals surface area contributed by atoms with E-state index in [-0.39, 0.29) is 12.0 Å². The summed E-state index contributed by atoms with van der Waals surface area (Å²) in [6.45, 7) is 4.94. The van der Waals surface area contributed by atoms with E-state index in [1.807, 2.05) is 0 Å². The van der Waals surface area contributed by atoms with Crippen molar-refractivity contribution in [3.8, 4) is 0 Å². The van der Waals surface area contributed by atoms with Gasteiger partial charge in [0.1, 0.15) is 11.6 Å². The van der Waals surface area contributed by atoms with Gasteiger partial charge in [0, 0.05) is 12.0 Å². The lowest BCUT2D eigenvalue weighted by Crippen LogP contribution is -2.44. The van der Waals surface area contributed by atoms with Gasteiger partial charge in [0.2, 0.25) is 0 Å². The first-order chi connectivity index (χ1) is 10.1. The van der Waals surface area contributed by atoms with E-state index < -0.39 is 30.1 Å². The predicted octanol–water partition coefficient (Wildman–Crippen LogP) is 3.14. The summed E-state index contributed by atoms with van der Waals surface area (Å²) >= 11 is 0. The molecule has 122 valence electrons. The minimum atomic E-state index is -2.64. The van der Waals surface area contributed by atoms with Crippen molar-refractivity contribution in [1.29, 1.82) is 0 Å². The fourth-order valence-electron chi connectivity index (χ4n) is 1.74. The molecule has 5 nitrogen and oxygen atoms in total. The summed E-state index contributed by atoms with van der Waals surface area (Å²) in [5.74, 6) is -1.27. The van der Waals surface area contributed by atoms with Gasteiger partial charge in [-0.2, -0.15) is 0 Å². The normalized spacial score (nSPS) is 12.8. The standard InChI is InChI=1S/C15H19F2NO4/c1-15(2,3)22-14(21)18-11(13(19)20)8-9-5-4-6-10(7-9)12(16)17/h4-7,11-12H,8H2,1-3H3,(H,18,21)(H,19,20). The van der Waals surface area contributed by atoms with Crippen molar-refractivity contribution < 1.29 is 28.2 Å². The first kappa shape index (κ1) is 17.9. The number of amides is 1. The van der Waals surface area contributed by atoms with E-state index in [0.29, 0.717) is 5.56 Å². The van der Waals surface area contributed by atoms with Crippen LogP contribution in [0.25, 0.3) is 0 Å². The smallest absolute Gasteiger partial charge is 0.408 e. The third-order valence-electron chi connectivity index (χ3n) is 2.63. The van der Waals surface area contributed by atoms with E-state index in [1.54, 1.807) is 20.8 Å². The number of carbonyl (C=O) groups excluding carboxylic acids is 1. The third kappa shape index (κ3) is 6.07. The molecule has 22 heavy (non-hydrogen) atoms. The summed E-state index contributed by atoms with van der Waals surface area (Å²) in [6.07, 6.45) is -3.62. The lowest BCUT2D eigenvalue weighted by molar-refractivity contribution is -0.139. The summed E-state index contributed by atoms with van der Waals surface area (Å²) in [5, 5.41) is 11.4. The van der Waals surface area contributed by atoms with Crippen molar-refractivity contribution in [2.45, 2.75) is 45.3 Å². The fraction of sp³-hybridized carbons (Fsp3) is 0.467. The summed E-state index contributed by atoms with van der Waals surface area (Å²) in [6, 6.07) is 4.16. The highest BCUT2D eigenvalue weighted by molar-refractivity contribution is 5.80. The van der Waals surface area contributed by atoms with Crippen LogP contribution in [-0.4, -0.2) is 28.8 Å². The first-order valence-corrected chi connectivity index (χ1v) is 6.68. The molecule has 0 bridgehead atoms. The Hall–Kier alpha value is -2.18. The van der Waals surface area contributed by atoms with Gasteiger partial charge in [-0.1, -0.05) is 24.3 Å². The van der Waals surface area contributed by atoms with Crippen molar-refractivity contribution in [2.24, 2.45) is 0 Å². The summed E-state index contributed by atoms with van der Waals surface area (Å²) in [4.78, 5) is 22.8. The highest BCUT2D eigenvalue weighted by Gasteiger charge is 2.24. The molecule has 1 atom stereocenters. The van der Waals surface area contributed by atoms with Gasteiger partial charge >= 0.3 is 12.1 Å². The van der Waals surface area contributed by atoms with Gasteiger partial charge in [0.15, 0.2) is 0 Å². The fourth-order valence-corrected chi connectivity index (χ4v) is 1.74. The largest absolute Gasteiger partial charge is 0.480 e. The lowest BCUT2D eigenvalue weighted by atomic mass is 10.0. The number of halogens is 2. The molecule has 0 spiro atoms. The molecule has 0 saturated heterocycles. The second-order valence-corrected chi connectivity index (χ2v) is 5.79. The molecule has 0 saturated carbocycles. The van der Waals surface area contributed by atoms with Crippen LogP contribution in [0.2, 0.25) is 0 Å². The van der Waals surface area contributed by atoms with Crippen LogP contribution >= 0.6 is 0 Å². The highest BCUT2D eigenvalue weighted by Crippen LogP contribution is 2.20. The molecule has 1 rings (SSSR count). The number of rotatable bonds is 5. The molecule has 0 heterocycles. The maximum atomic E-state index is 12.6. The average molecular weight is 315 g/mol. The Bertz CT molecular complexity index is 541. The second-order valence-electron chi connectivity index (χ2n) is 5.79. The minimum Gasteiger partial charge on any atom is -0.480 e.